The summed E-state index contributed by atoms with van der Waals surface area (Å²) in [5.41, 5.74) is 0. The lowest BCUT2D eigenvalue weighted by Crippen LogP contribution is -2.13. The minimum atomic E-state index is 0.548. The Morgan fingerprint density at radius 3 is 2.90 bits per heavy atom. The maximum Gasteiger partial charge on any atom is 0.0751 e. The third kappa shape index (κ3) is 2.73. The molecule has 1 N–H and O–H groups in total. The van der Waals surface area contributed by atoms with Gasteiger partial charge in [0.1, 0.15) is 0 Å². The molecule has 10 heavy (non-hydrogen) atoms. The first-order valence-electron chi connectivity index (χ1n) is 3.25. The average molecular weight is 173 g/mol. The van der Waals surface area contributed by atoms with Gasteiger partial charge in [-0.15, -0.1) is 11.3 Å². The molecule has 1 aromatic heterocycles. The molecule has 0 fully saturated rings. The van der Waals surface area contributed by atoms with Gasteiger partial charge in [0.05, 0.1) is 4.21 Å². The largest absolute Gasteiger partial charge is 0.257 e. The molecule has 0 spiro atoms. The highest BCUT2D eigenvalue weighted by Gasteiger charge is 1.94. The quantitative estimate of drug-likeness (QED) is 0.705. The van der Waals surface area contributed by atoms with E-state index in [2.05, 4.69) is 36.1 Å². The highest BCUT2D eigenvalue weighted by Crippen LogP contribution is 2.20. The van der Waals surface area contributed by atoms with Gasteiger partial charge in [-0.25, -0.2) is 0 Å². The van der Waals surface area contributed by atoms with E-state index in [0.29, 0.717) is 6.04 Å². The zero-order chi connectivity index (χ0) is 7.40. The molecule has 1 aromatic rings. The molecule has 0 saturated carbocycles. The van der Waals surface area contributed by atoms with Gasteiger partial charge in [-0.05, 0) is 37.2 Å². The molecule has 1 heterocycles. The fourth-order valence-electron chi connectivity index (χ4n) is 0.497. The molecule has 0 atom stereocenters. The van der Waals surface area contributed by atoms with E-state index in [4.69, 9.17) is 0 Å². The van der Waals surface area contributed by atoms with Crippen molar-refractivity contribution in [2.75, 3.05) is 0 Å². The zero-order valence-electron chi connectivity index (χ0n) is 6.13. The van der Waals surface area contributed by atoms with Crippen molar-refractivity contribution in [3.05, 3.63) is 17.5 Å². The lowest BCUT2D eigenvalue weighted by Gasteiger charge is -2.03. The molecule has 0 saturated heterocycles. The second kappa shape index (κ2) is 4.01. The van der Waals surface area contributed by atoms with Crippen molar-refractivity contribution in [1.82, 2.24) is 4.72 Å². The fraction of sp³-hybridized carbons (Fsp3) is 0.429. The van der Waals surface area contributed by atoms with Crippen LogP contribution in [-0.4, -0.2) is 6.04 Å². The lowest BCUT2D eigenvalue weighted by molar-refractivity contribution is 0.771. The number of hydrogen-bond acceptors (Lipinski definition) is 3. The van der Waals surface area contributed by atoms with Crippen LogP contribution in [0.3, 0.4) is 0 Å². The molecular formula is C7H11NS2. The molecule has 1 rings (SSSR count). The number of rotatable bonds is 3. The fourth-order valence-corrected chi connectivity index (χ4v) is 1.95. The predicted molar refractivity (Wildman–Crippen MR) is 48.4 cm³/mol. The Morgan fingerprint density at radius 2 is 2.40 bits per heavy atom. The van der Waals surface area contributed by atoms with E-state index in [-0.39, 0.29) is 0 Å². The smallest absolute Gasteiger partial charge is 0.0751 e. The molecule has 0 aliphatic heterocycles. The third-order valence-corrected chi connectivity index (χ3v) is 3.02. The maximum atomic E-state index is 3.27. The van der Waals surface area contributed by atoms with E-state index in [9.17, 15) is 0 Å². The van der Waals surface area contributed by atoms with Crippen LogP contribution in [0.2, 0.25) is 0 Å². The van der Waals surface area contributed by atoms with Gasteiger partial charge in [-0.3, -0.25) is 4.72 Å². The van der Waals surface area contributed by atoms with Crippen LogP contribution >= 0.6 is 23.3 Å². The number of hydrogen-bond donors (Lipinski definition) is 1. The average Bonchev–Trinajstić information content (AvgIpc) is 2.34. The molecule has 0 aromatic carbocycles. The van der Waals surface area contributed by atoms with E-state index in [0.717, 1.165) is 0 Å². The van der Waals surface area contributed by atoms with Gasteiger partial charge in [0.15, 0.2) is 0 Å². The summed E-state index contributed by atoms with van der Waals surface area (Å²) in [6, 6.07) is 4.73. The summed E-state index contributed by atoms with van der Waals surface area (Å²) in [7, 11) is 0. The van der Waals surface area contributed by atoms with E-state index >= 15 is 0 Å². The van der Waals surface area contributed by atoms with Gasteiger partial charge in [0.2, 0.25) is 0 Å². The predicted octanol–water partition coefficient (Wildman–Crippen LogP) is 2.75. The van der Waals surface area contributed by atoms with E-state index in [1.165, 1.54) is 4.21 Å². The Hall–Kier alpha value is 0.01000. The monoisotopic (exact) mass is 173 g/mol. The van der Waals surface area contributed by atoms with Crippen molar-refractivity contribution < 1.29 is 0 Å². The first kappa shape index (κ1) is 8.11. The van der Waals surface area contributed by atoms with Crippen LogP contribution in [0.4, 0.5) is 0 Å². The first-order chi connectivity index (χ1) is 4.79. The molecule has 0 aliphatic carbocycles. The Balaban J connectivity index is 2.28. The highest BCUT2D eigenvalue weighted by atomic mass is 32.2. The van der Waals surface area contributed by atoms with Gasteiger partial charge in [-0.1, -0.05) is 6.07 Å². The molecular weight excluding hydrogens is 162 g/mol. The summed E-state index contributed by atoms with van der Waals surface area (Å²) in [4.78, 5) is 0. The van der Waals surface area contributed by atoms with Gasteiger partial charge in [0.25, 0.3) is 0 Å². The number of thiophene rings is 1. The summed E-state index contributed by atoms with van der Waals surface area (Å²) >= 11 is 3.47. The normalized spacial score (nSPS) is 10.7. The summed E-state index contributed by atoms with van der Waals surface area (Å²) in [5, 5.41) is 2.09. The molecule has 3 heteroatoms. The first-order valence-corrected chi connectivity index (χ1v) is 4.94. The number of nitrogens with one attached hydrogen (secondary N) is 1. The Labute approximate surface area is 70.0 Å². The maximum absolute atomic E-state index is 3.27. The molecule has 0 unspecified atom stereocenters. The Morgan fingerprint density at radius 1 is 1.60 bits per heavy atom. The van der Waals surface area contributed by atoms with E-state index in [1.807, 2.05) is 0 Å². The molecule has 0 bridgehead atoms. The van der Waals surface area contributed by atoms with Crippen molar-refractivity contribution in [2.45, 2.75) is 24.1 Å². The van der Waals surface area contributed by atoms with Crippen LogP contribution in [0.15, 0.2) is 21.7 Å². The van der Waals surface area contributed by atoms with Crippen LogP contribution in [0.1, 0.15) is 13.8 Å². The third-order valence-electron chi connectivity index (χ3n) is 0.890. The summed E-state index contributed by atoms with van der Waals surface area (Å²) in [6.45, 7) is 4.28. The van der Waals surface area contributed by atoms with Crippen molar-refractivity contribution in [2.24, 2.45) is 0 Å². The Kier molecular flexibility index (Phi) is 3.25. The molecule has 0 amide bonds. The standard InChI is InChI=1S/C7H11NS2/c1-6(2)8-10-7-4-3-5-9-7/h3-6,8H,1-2H3. The van der Waals surface area contributed by atoms with Crippen LogP contribution in [-0.2, 0) is 0 Å². The minimum absolute atomic E-state index is 0.548. The molecule has 56 valence electrons. The summed E-state index contributed by atoms with van der Waals surface area (Å²) < 4.78 is 4.60. The van der Waals surface area contributed by atoms with Crippen molar-refractivity contribution in [3.8, 4) is 0 Å². The summed E-state index contributed by atoms with van der Waals surface area (Å²) in [6.07, 6.45) is 0. The molecule has 0 aliphatic rings. The minimum Gasteiger partial charge on any atom is -0.257 e. The molecule has 0 radical (unpaired) electrons. The lowest BCUT2D eigenvalue weighted by atomic mass is 10.4. The van der Waals surface area contributed by atoms with Crippen molar-refractivity contribution in [3.63, 3.8) is 0 Å². The topological polar surface area (TPSA) is 12.0 Å². The van der Waals surface area contributed by atoms with Gasteiger partial charge < -0.3 is 0 Å². The zero-order valence-corrected chi connectivity index (χ0v) is 7.76. The second-order valence-electron chi connectivity index (χ2n) is 2.31. The molecule has 1 nitrogen and oxygen atoms in total. The highest BCUT2D eigenvalue weighted by molar-refractivity contribution is 7.99. The SMILES string of the molecule is CC(C)NSc1cccs1. The van der Waals surface area contributed by atoms with Gasteiger partial charge in [0, 0.05) is 6.04 Å². The van der Waals surface area contributed by atoms with E-state index in [1.54, 1.807) is 23.3 Å². The van der Waals surface area contributed by atoms with Crippen LogP contribution in [0.5, 0.6) is 0 Å². The van der Waals surface area contributed by atoms with Crippen LogP contribution in [0, 0.1) is 0 Å². The Bertz CT molecular complexity index is 170. The summed E-state index contributed by atoms with van der Waals surface area (Å²) in [5.74, 6) is 0. The van der Waals surface area contributed by atoms with Crippen molar-refractivity contribution in [1.29, 1.82) is 0 Å². The van der Waals surface area contributed by atoms with Crippen molar-refractivity contribution >= 4 is 23.3 Å². The second-order valence-corrected chi connectivity index (χ2v) is 4.39. The van der Waals surface area contributed by atoms with E-state index < -0.39 is 0 Å². The van der Waals surface area contributed by atoms with Crippen LogP contribution in [0.25, 0.3) is 0 Å². The van der Waals surface area contributed by atoms with Gasteiger partial charge >= 0.3 is 0 Å². The van der Waals surface area contributed by atoms with Gasteiger partial charge in [-0.2, -0.15) is 0 Å². The van der Waals surface area contributed by atoms with Crippen LogP contribution < -0.4 is 4.72 Å².